The summed E-state index contributed by atoms with van der Waals surface area (Å²) >= 11 is 0. The number of phenolic OH excluding ortho intramolecular Hbond substituents is 1. The molecule has 0 radical (unpaired) electrons. The Kier molecular flexibility index (Phi) is 10.1. The van der Waals surface area contributed by atoms with Crippen molar-refractivity contribution in [2.45, 2.75) is 32.0 Å². The van der Waals surface area contributed by atoms with E-state index in [0.29, 0.717) is 29.2 Å². The molecule has 0 bridgehead atoms. The number of halogens is 1. The van der Waals surface area contributed by atoms with Crippen LogP contribution < -0.4 is 21.1 Å². The molecule has 0 aliphatic carbocycles. The zero-order valence-corrected chi connectivity index (χ0v) is 23.0. The van der Waals surface area contributed by atoms with Gasteiger partial charge in [-0.05, 0) is 79.9 Å². The Balaban J connectivity index is 1.55. The molecule has 0 unspecified atom stereocenters. The lowest BCUT2D eigenvalue weighted by Gasteiger charge is -2.28. The van der Waals surface area contributed by atoms with Gasteiger partial charge in [-0.25, -0.2) is 9.18 Å². The number of carbonyl (C=O) groups is 2. The SMILES string of the molecule is Cc1ccc(NC(=O)O[C@@H](c2ccc(O)c(F)c2)[C@H](CC/C=C/C(=O)Nc2ccccc2N)Oc2ccccc2)cc1. The Morgan fingerprint density at radius 1 is 0.952 bits per heavy atom. The second-order valence-corrected chi connectivity index (χ2v) is 9.55. The molecule has 4 aromatic carbocycles. The Morgan fingerprint density at radius 2 is 1.67 bits per heavy atom. The fourth-order valence-corrected chi connectivity index (χ4v) is 4.14. The predicted octanol–water partition coefficient (Wildman–Crippen LogP) is 7.13. The number of para-hydroxylation sites is 3. The van der Waals surface area contributed by atoms with Crippen molar-refractivity contribution in [2.75, 3.05) is 16.4 Å². The standard InChI is InChI=1S/C33H32FN3O5/c1-22-15-18-24(19-16-22)36-33(40)42-32(23-17-20-29(38)26(34)21-23)30(41-25-9-3-2-4-10-25)13-7-8-14-31(39)37-28-12-6-5-11-27(28)35/h2-6,8-12,14-21,30,32,38H,7,13,35H2,1H3,(H,36,40)(H,37,39)/b14-8+/t30-,32-/m0/s1. The molecule has 4 aromatic rings. The maximum Gasteiger partial charge on any atom is 0.412 e. The molecule has 4 rings (SSSR count). The summed E-state index contributed by atoms with van der Waals surface area (Å²) in [6.45, 7) is 1.93. The molecule has 2 amide bonds. The average molecular weight is 570 g/mol. The number of rotatable bonds is 11. The van der Waals surface area contributed by atoms with Crippen LogP contribution in [0.25, 0.3) is 0 Å². The molecule has 2 atom stereocenters. The van der Waals surface area contributed by atoms with Crippen LogP contribution in [0.2, 0.25) is 0 Å². The molecule has 0 fully saturated rings. The van der Waals surface area contributed by atoms with Gasteiger partial charge in [0.15, 0.2) is 17.7 Å². The fraction of sp³-hybridized carbons (Fsp3) is 0.152. The van der Waals surface area contributed by atoms with Crippen molar-refractivity contribution < 1.29 is 28.6 Å². The lowest BCUT2D eigenvalue weighted by atomic mass is 9.99. The van der Waals surface area contributed by atoms with Crippen LogP contribution in [-0.4, -0.2) is 23.2 Å². The summed E-state index contributed by atoms with van der Waals surface area (Å²) in [6, 6.07) is 26.8. The van der Waals surface area contributed by atoms with Crippen molar-refractivity contribution in [1.82, 2.24) is 0 Å². The van der Waals surface area contributed by atoms with Gasteiger partial charge in [-0.3, -0.25) is 10.1 Å². The molecular weight excluding hydrogens is 537 g/mol. The van der Waals surface area contributed by atoms with E-state index in [1.807, 2.05) is 25.1 Å². The highest BCUT2D eigenvalue weighted by Gasteiger charge is 2.30. The van der Waals surface area contributed by atoms with Crippen molar-refractivity contribution in [3.05, 3.63) is 126 Å². The first kappa shape index (κ1) is 29.7. The highest BCUT2D eigenvalue weighted by molar-refractivity contribution is 6.01. The Hall–Kier alpha value is -5.31. The molecule has 0 spiro atoms. The number of aryl methyl sites for hydroxylation is 1. The third-order valence-corrected chi connectivity index (χ3v) is 6.31. The van der Waals surface area contributed by atoms with Crippen LogP contribution in [0.5, 0.6) is 11.5 Å². The fourth-order valence-electron chi connectivity index (χ4n) is 4.14. The van der Waals surface area contributed by atoms with Crippen molar-refractivity contribution in [3.63, 3.8) is 0 Å². The predicted molar refractivity (Wildman–Crippen MR) is 161 cm³/mol. The van der Waals surface area contributed by atoms with Gasteiger partial charge in [0.05, 0.1) is 11.4 Å². The number of carbonyl (C=O) groups excluding carboxylic acids is 2. The van der Waals surface area contributed by atoms with Crippen molar-refractivity contribution >= 4 is 29.1 Å². The van der Waals surface area contributed by atoms with E-state index in [4.69, 9.17) is 15.2 Å². The first-order chi connectivity index (χ1) is 20.3. The summed E-state index contributed by atoms with van der Waals surface area (Å²) in [5.41, 5.74) is 8.67. The van der Waals surface area contributed by atoms with Gasteiger partial charge < -0.3 is 25.6 Å². The first-order valence-electron chi connectivity index (χ1n) is 13.3. The topological polar surface area (TPSA) is 123 Å². The maximum atomic E-state index is 14.4. The summed E-state index contributed by atoms with van der Waals surface area (Å²) < 4.78 is 26.5. The summed E-state index contributed by atoms with van der Waals surface area (Å²) in [5.74, 6) is -1.25. The molecule has 5 N–H and O–H groups in total. The summed E-state index contributed by atoms with van der Waals surface area (Å²) in [4.78, 5) is 25.4. The number of phenols is 1. The summed E-state index contributed by atoms with van der Waals surface area (Å²) in [5, 5.41) is 15.2. The minimum atomic E-state index is -1.07. The number of amides is 2. The summed E-state index contributed by atoms with van der Waals surface area (Å²) in [7, 11) is 0. The first-order valence-corrected chi connectivity index (χ1v) is 13.3. The van der Waals surface area contributed by atoms with Gasteiger partial charge in [-0.2, -0.15) is 0 Å². The number of hydrogen-bond acceptors (Lipinski definition) is 6. The van der Waals surface area contributed by atoms with Crippen LogP contribution >= 0.6 is 0 Å². The van der Waals surface area contributed by atoms with Gasteiger partial charge in [-0.15, -0.1) is 0 Å². The molecular formula is C33H32FN3O5. The molecule has 0 heterocycles. The Bertz CT molecular complexity index is 1530. The van der Waals surface area contributed by atoms with Crippen LogP contribution in [0.3, 0.4) is 0 Å². The van der Waals surface area contributed by atoms with E-state index < -0.39 is 29.9 Å². The number of aromatic hydroxyl groups is 1. The highest BCUT2D eigenvalue weighted by Crippen LogP contribution is 2.31. The van der Waals surface area contributed by atoms with Gasteiger partial charge in [0, 0.05) is 5.69 Å². The minimum absolute atomic E-state index is 0.284. The van der Waals surface area contributed by atoms with E-state index in [0.717, 1.165) is 11.6 Å². The quantitative estimate of drug-likeness (QED) is 0.113. The number of allylic oxidation sites excluding steroid dienone is 1. The van der Waals surface area contributed by atoms with E-state index in [-0.39, 0.29) is 17.9 Å². The smallest absolute Gasteiger partial charge is 0.412 e. The Labute approximate surface area is 243 Å². The number of nitrogens with one attached hydrogen (secondary N) is 2. The Morgan fingerprint density at radius 3 is 2.38 bits per heavy atom. The van der Waals surface area contributed by atoms with Gasteiger partial charge >= 0.3 is 6.09 Å². The molecule has 42 heavy (non-hydrogen) atoms. The van der Waals surface area contributed by atoms with Crippen LogP contribution in [0, 0.1) is 12.7 Å². The van der Waals surface area contributed by atoms with Gasteiger partial charge in [0.2, 0.25) is 5.91 Å². The summed E-state index contributed by atoms with van der Waals surface area (Å²) in [6.07, 6.45) is 1.05. The molecule has 8 nitrogen and oxygen atoms in total. The number of ether oxygens (including phenoxy) is 2. The van der Waals surface area contributed by atoms with Gasteiger partial charge in [0.1, 0.15) is 11.9 Å². The number of nitrogen functional groups attached to an aromatic ring is 1. The number of anilines is 3. The van der Waals surface area contributed by atoms with Crippen molar-refractivity contribution in [1.29, 1.82) is 0 Å². The van der Waals surface area contributed by atoms with Crippen molar-refractivity contribution in [2.24, 2.45) is 0 Å². The van der Waals surface area contributed by atoms with E-state index in [1.54, 1.807) is 66.7 Å². The van der Waals surface area contributed by atoms with Gasteiger partial charge in [0.25, 0.3) is 0 Å². The lowest BCUT2D eigenvalue weighted by Crippen LogP contribution is -2.31. The molecule has 0 aromatic heterocycles. The highest BCUT2D eigenvalue weighted by atomic mass is 19.1. The molecule has 0 aliphatic heterocycles. The largest absolute Gasteiger partial charge is 0.505 e. The normalized spacial score (nSPS) is 12.3. The van der Waals surface area contributed by atoms with Gasteiger partial charge in [-0.1, -0.05) is 60.2 Å². The monoisotopic (exact) mass is 569 g/mol. The van der Waals surface area contributed by atoms with E-state index in [1.165, 1.54) is 18.2 Å². The second kappa shape index (κ2) is 14.4. The number of nitrogens with two attached hydrogens (primary N) is 1. The zero-order valence-electron chi connectivity index (χ0n) is 23.0. The molecule has 0 saturated carbocycles. The average Bonchev–Trinajstić information content (AvgIpc) is 2.98. The van der Waals surface area contributed by atoms with E-state index in [2.05, 4.69) is 10.6 Å². The molecule has 216 valence electrons. The van der Waals surface area contributed by atoms with Crippen LogP contribution in [-0.2, 0) is 9.53 Å². The molecule has 0 aliphatic rings. The molecule has 9 heteroatoms. The maximum absolute atomic E-state index is 14.4. The minimum Gasteiger partial charge on any atom is -0.505 e. The van der Waals surface area contributed by atoms with Crippen LogP contribution in [0.1, 0.15) is 30.1 Å². The number of hydrogen-bond donors (Lipinski definition) is 4. The number of benzene rings is 4. The van der Waals surface area contributed by atoms with E-state index >= 15 is 0 Å². The van der Waals surface area contributed by atoms with E-state index in [9.17, 15) is 19.1 Å². The third-order valence-electron chi connectivity index (χ3n) is 6.31. The second-order valence-electron chi connectivity index (χ2n) is 9.55. The third kappa shape index (κ3) is 8.59. The zero-order chi connectivity index (χ0) is 29.9. The molecule has 0 saturated heterocycles. The van der Waals surface area contributed by atoms with Crippen LogP contribution in [0.4, 0.5) is 26.2 Å². The van der Waals surface area contributed by atoms with Crippen LogP contribution in [0.15, 0.2) is 109 Å². The lowest BCUT2D eigenvalue weighted by molar-refractivity contribution is -0.111. The van der Waals surface area contributed by atoms with Crippen molar-refractivity contribution in [3.8, 4) is 11.5 Å².